The molecule has 1 aromatic carbocycles. The standard InChI is InChI=1S/C20H25N5O4/c1-3-17(26)14-7-9-15(10-8-14)22-20(28)23-16-6-4-5-11-25(19(16)27)12-18-21-13(2)24-29-18/h7-10,16H,3-6,11-12H2,1-2H3,(H2,22,23,28). The van der Waals surface area contributed by atoms with Crippen LogP contribution < -0.4 is 10.6 Å². The lowest BCUT2D eigenvalue weighted by atomic mass is 10.1. The van der Waals surface area contributed by atoms with Crippen molar-refractivity contribution in [2.75, 3.05) is 11.9 Å². The van der Waals surface area contributed by atoms with Crippen molar-refractivity contribution in [2.24, 2.45) is 0 Å². The van der Waals surface area contributed by atoms with Crippen LogP contribution in [0.3, 0.4) is 0 Å². The normalized spacial score (nSPS) is 17.0. The number of carbonyl (C=O) groups is 3. The van der Waals surface area contributed by atoms with Crippen molar-refractivity contribution in [2.45, 2.75) is 52.1 Å². The average molecular weight is 399 g/mol. The number of ketones is 1. The van der Waals surface area contributed by atoms with E-state index in [4.69, 9.17) is 4.52 Å². The molecule has 3 rings (SSSR count). The summed E-state index contributed by atoms with van der Waals surface area (Å²) in [6.07, 6.45) is 2.65. The van der Waals surface area contributed by atoms with Crippen molar-refractivity contribution in [3.05, 3.63) is 41.5 Å². The van der Waals surface area contributed by atoms with Crippen LogP contribution in [-0.4, -0.2) is 45.3 Å². The maximum Gasteiger partial charge on any atom is 0.319 e. The molecule has 1 aromatic heterocycles. The van der Waals surface area contributed by atoms with E-state index in [-0.39, 0.29) is 18.2 Å². The minimum Gasteiger partial charge on any atom is -0.337 e. The van der Waals surface area contributed by atoms with Crippen molar-refractivity contribution >= 4 is 23.4 Å². The van der Waals surface area contributed by atoms with Gasteiger partial charge in [0.2, 0.25) is 11.8 Å². The largest absolute Gasteiger partial charge is 0.337 e. The lowest BCUT2D eigenvalue weighted by molar-refractivity contribution is -0.133. The predicted molar refractivity (Wildman–Crippen MR) is 105 cm³/mol. The molecule has 0 radical (unpaired) electrons. The molecule has 1 aliphatic heterocycles. The molecule has 154 valence electrons. The number of benzene rings is 1. The maximum atomic E-state index is 12.9. The Kier molecular flexibility index (Phi) is 6.58. The van der Waals surface area contributed by atoms with Crippen LogP contribution in [0.25, 0.3) is 0 Å². The molecular formula is C20H25N5O4. The zero-order valence-electron chi connectivity index (χ0n) is 16.6. The maximum absolute atomic E-state index is 12.9. The van der Waals surface area contributed by atoms with Gasteiger partial charge in [0, 0.05) is 24.2 Å². The Balaban J connectivity index is 1.59. The van der Waals surface area contributed by atoms with Gasteiger partial charge < -0.3 is 20.1 Å². The third kappa shape index (κ3) is 5.40. The first-order chi connectivity index (χ1) is 14.0. The first-order valence-electron chi connectivity index (χ1n) is 9.75. The summed E-state index contributed by atoms with van der Waals surface area (Å²) in [6.45, 7) is 4.32. The summed E-state index contributed by atoms with van der Waals surface area (Å²) in [5, 5.41) is 9.20. The van der Waals surface area contributed by atoms with Gasteiger partial charge in [0.25, 0.3) is 0 Å². The van der Waals surface area contributed by atoms with E-state index in [1.165, 1.54) is 0 Å². The highest BCUT2D eigenvalue weighted by Gasteiger charge is 2.29. The first-order valence-corrected chi connectivity index (χ1v) is 9.75. The van der Waals surface area contributed by atoms with Crippen molar-refractivity contribution in [3.8, 4) is 0 Å². The van der Waals surface area contributed by atoms with Crippen LogP contribution in [0.1, 0.15) is 54.7 Å². The average Bonchev–Trinajstić information content (AvgIpc) is 3.05. The summed E-state index contributed by atoms with van der Waals surface area (Å²) < 4.78 is 5.11. The number of hydrogen-bond acceptors (Lipinski definition) is 6. The van der Waals surface area contributed by atoms with Gasteiger partial charge in [-0.15, -0.1) is 0 Å². The van der Waals surface area contributed by atoms with Crippen molar-refractivity contribution < 1.29 is 18.9 Å². The number of rotatable bonds is 6. The Morgan fingerprint density at radius 2 is 2.00 bits per heavy atom. The Bertz CT molecular complexity index is 877. The first kappa shape index (κ1) is 20.5. The van der Waals surface area contributed by atoms with Crippen LogP contribution in [0, 0.1) is 6.92 Å². The molecule has 9 nitrogen and oxygen atoms in total. The second kappa shape index (κ2) is 9.31. The summed E-state index contributed by atoms with van der Waals surface area (Å²) in [6, 6.07) is 5.60. The van der Waals surface area contributed by atoms with Crippen LogP contribution in [0.2, 0.25) is 0 Å². The van der Waals surface area contributed by atoms with Crippen LogP contribution in [0.5, 0.6) is 0 Å². The Labute approximate surface area is 168 Å². The molecule has 2 N–H and O–H groups in total. The molecular weight excluding hydrogens is 374 g/mol. The number of anilines is 1. The summed E-state index contributed by atoms with van der Waals surface area (Å²) in [5.41, 5.74) is 1.15. The van der Waals surface area contributed by atoms with Crippen LogP contribution in [-0.2, 0) is 11.3 Å². The van der Waals surface area contributed by atoms with Gasteiger partial charge in [-0.1, -0.05) is 12.1 Å². The molecule has 0 aliphatic carbocycles. The molecule has 1 fully saturated rings. The number of nitrogens with one attached hydrogen (secondary N) is 2. The highest BCUT2D eigenvalue weighted by Crippen LogP contribution is 2.16. The van der Waals surface area contributed by atoms with Gasteiger partial charge in [0.15, 0.2) is 11.6 Å². The predicted octanol–water partition coefficient (Wildman–Crippen LogP) is 2.67. The van der Waals surface area contributed by atoms with E-state index in [9.17, 15) is 14.4 Å². The molecule has 1 aliphatic rings. The minimum absolute atomic E-state index is 0.0431. The van der Waals surface area contributed by atoms with E-state index in [0.717, 1.165) is 12.8 Å². The third-order valence-electron chi connectivity index (χ3n) is 4.77. The third-order valence-corrected chi connectivity index (χ3v) is 4.77. The molecule has 1 unspecified atom stereocenters. The molecule has 0 spiro atoms. The molecule has 1 saturated heterocycles. The number of Topliss-reactive ketones (excluding diaryl/α,β-unsaturated/α-hetero) is 1. The molecule has 29 heavy (non-hydrogen) atoms. The second-order valence-corrected chi connectivity index (χ2v) is 7.00. The van der Waals surface area contributed by atoms with E-state index in [2.05, 4.69) is 20.8 Å². The topological polar surface area (TPSA) is 117 Å². The monoisotopic (exact) mass is 399 g/mol. The minimum atomic E-state index is -0.623. The Morgan fingerprint density at radius 3 is 2.66 bits per heavy atom. The Hall–Kier alpha value is -3.23. The van der Waals surface area contributed by atoms with E-state index in [1.807, 2.05) is 0 Å². The quantitative estimate of drug-likeness (QED) is 0.721. The molecule has 0 bridgehead atoms. The van der Waals surface area contributed by atoms with Gasteiger partial charge in [-0.2, -0.15) is 4.98 Å². The van der Waals surface area contributed by atoms with Gasteiger partial charge in [-0.3, -0.25) is 9.59 Å². The van der Waals surface area contributed by atoms with E-state index >= 15 is 0 Å². The lowest BCUT2D eigenvalue weighted by Gasteiger charge is -2.23. The number of urea groups is 1. The van der Waals surface area contributed by atoms with Crippen molar-refractivity contribution in [3.63, 3.8) is 0 Å². The number of aromatic nitrogens is 2. The summed E-state index contributed by atoms with van der Waals surface area (Å²) >= 11 is 0. The molecule has 9 heteroatoms. The molecule has 3 amide bonds. The van der Waals surface area contributed by atoms with E-state index < -0.39 is 12.1 Å². The van der Waals surface area contributed by atoms with Crippen LogP contribution >= 0.6 is 0 Å². The van der Waals surface area contributed by atoms with Crippen LogP contribution in [0.15, 0.2) is 28.8 Å². The smallest absolute Gasteiger partial charge is 0.319 e. The fourth-order valence-electron chi connectivity index (χ4n) is 3.23. The van der Waals surface area contributed by atoms with Gasteiger partial charge in [0.05, 0.1) is 0 Å². The molecule has 0 saturated carbocycles. The number of likely N-dealkylation sites (tertiary alicyclic amines) is 1. The van der Waals surface area contributed by atoms with Gasteiger partial charge in [0.1, 0.15) is 12.6 Å². The van der Waals surface area contributed by atoms with E-state index in [1.54, 1.807) is 43.0 Å². The molecule has 2 aromatic rings. The Morgan fingerprint density at radius 1 is 1.24 bits per heavy atom. The molecule has 2 heterocycles. The molecule has 1 atom stereocenters. The SMILES string of the molecule is CCC(=O)c1ccc(NC(=O)NC2CCCCN(Cc3nc(C)no3)C2=O)cc1. The van der Waals surface area contributed by atoms with E-state index in [0.29, 0.717) is 42.4 Å². The zero-order valence-corrected chi connectivity index (χ0v) is 16.6. The van der Waals surface area contributed by atoms with Crippen molar-refractivity contribution in [1.29, 1.82) is 0 Å². The highest BCUT2D eigenvalue weighted by molar-refractivity contribution is 5.97. The summed E-state index contributed by atoms with van der Waals surface area (Å²) in [7, 11) is 0. The fraction of sp³-hybridized carbons (Fsp3) is 0.450. The van der Waals surface area contributed by atoms with Crippen molar-refractivity contribution in [1.82, 2.24) is 20.4 Å². The van der Waals surface area contributed by atoms with Gasteiger partial charge in [-0.25, -0.2) is 4.79 Å². The number of aryl methyl sites for hydroxylation is 1. The van der Waals surface area contributed by atoms with Crippen LogP contribution in [0.4, 0.5) is 10.5 Å². The lowest BCUT2D eigenvalue weighted by Crippen LogP contribution is -2.48. The highest BCUT2D eigenvalue weighted by atomic mass is 16.5. The summed E-state index contributed by atoms with van der Waals surface area (Å²) in [5.74, 6) is 0.768. The number of hydrogen-bond donors (Lipinski definition) is 2. The van der Waals surface area contributed by atoms with Gasteiger partial charge >= 0.3 is 6.03 Å². The number of amides is 3. The summed E-state index contributed by atoms with van der Waals surface area (Å²) in [4.78, 5) is 42.7. The second-order valence-electron chi connectivity index (χ2n) is 7.00. The number of nitrogens with zero attached hydrogens (tertiary/aromatic N) is 3. The number of carbonyl (C=O) groups excluding carboxylic acids is 3. The van der Waals surface area contributed by atoms with Gasteiger partial charge in [-0.05, 0) is 50.5 Å². The fourth-order valence-corrected chi connectivity index (χ4v) is 3.23. The zero-order chi connectivity index (χ0) is 20.8.